The number of fused-ring (bicyclic) bond motifs is 1. The summed E-state index contributed by atoms with van der Waals surface area (Å²) < 4.78 is 18.9. The zero-order valence-electron chi connectivity index (χ0n) is 18.4. The number of hydrogen-bond donors (Lipinski definition) is 1. The summed E-state index contributed by atoms with van der Waals surface area (Å²) in [6, 6.07) is 13.0. The van der Waals surface area contributed by atoms with Crippen LogP contribution in [0.25, 0.3) is 22.1 Å². The zero-order valence-corrected chi connectivity index (χ0v) is 18.4. The van der Waals surface area contributed by atoms with Crippen LogP contribution in [0.4, 0.5) is 4.39 Å². The third-order valence-corrected chi connectivity index (χ3v) is 6.23. The Morgan fingerprint density at radius 1 is 1.03 bits per heavy atom. The lowest BCUT2D eigenvalue weighted by atomic mass is 9.98. The summed E-state index contributed by atoms with van der Waals surface area (Å²) in [6.07, 6.45) is 7.16. The summed E-state index contributed by atoms with van der Waals surface area (Å²) in [7, 11) is 0. The van der Waals surface area contributed by atoms with Gasteiger partial charge < -0.3 is 14.6 Å². The van der Waals surface area contributed by atoms with Crippen LogP contribution in [0.5, 0.6) is 0 Å². The minimum Gasteiger partial charge on any atom is -0.464 e. The Balaban J connectivity index is 1.35. The van der Waals surface area contributed by atoms with Gasteiger partial charge in [-0.2, -0.15) is 10.2 Å². The van der Waals surface area contributed by atoms with Gasteiger partial charge in [-0.3, -0.25) is 9.59 Å². The van der Waals surface area contributed by atoms with Crippen LogP contribution in [0.3, 0.4) is 0 Å². The van der Waals surface area contributed by atoms with Gasteiger partial charge in [0.15, 0.2) is 0 Å². The molecule has 7 nitrogen and oxygen atoms in total. The minimum atomic E-state index is -0.351. The van der Waals surface area contributed by atoms with E-state index in [-0.39, 0.29) is 23.7 Å². The van der Waals surface area contributed by atoms with Gasteiger partial charge >= 0.3 is 0 Å². The van der Waals surface area contributed by atoms with E-state index in [1.165, 1.54) is 24.5 Å². The van der Waals surface area contributed by atoms with Crippen LogP contribution in [0, 0.1) is 5.82 Å². The molecule has 2 aromatic heterocycles. The summed E-state index contributed by atoms with van der Waals surface area (Å²) >= 11 is 0. The van der Waals surface area contributed by atoms with Crippen molar-refractivity contribution in [1.82, 2.24) is 20.4 Å². The second kappa shape index (κ2) is 9.43. The van der Waals surface area contributed by atoms with Crippen molar-refractivity contribution < 1.29 is 18.4 Å². The van der Waals surface area contributed by atoms with Crippen molar-refractivity contribution in [3.05, 3.63) is 84.1 Å². The van der Waals surface area contributed by atoms with Gasteiger partial charge in [-0.15, -0.1) is 0 Å². The van der Waals surface area contributed by atoms with E-state index in [0.717, 1.165) is 24.6 Å². The van der Waals surface area contributed by atoms with E-state index >= 15 is 0 Å². The maximum atomic E-state index is 13.6. The van der Waals surface area contributed by atoms with E-state index in [9.17, 15) is 14.0 Å². The number of amides is 2. The molecular weight excluding hydrogens is 435 g/mol. The van der Waals surface area contributed by atoms with Crippen LogP contribution in [-0.4, -0.2) is 46.0 Å². The summed E-state index contributed by atoms with van der Waals surface area (Å²) in [6.45, 7) is 0.907. The van der Waals surface area contributed by atoms with Crippen molar-refractivity contribution in [2.24, 2.45) is 0 Å². The van der Waals surface area contributed by atoms with Gasteiger partial charge in [0.1, 0.15) is 11.4 Å². The van der Waals surface area contributed by atoms with E-state index in [1.807, 2.05) is 18.2 Å². The molecule has 34 heavy (non-hydrogen) atoms. The Bertz CT molecular complexity index is 1340. The van der Waals surface area contributed by atoms with Gasteiger partial charge in [0.2, 0.25) is 0 Å². The average molecular weight is 458 g/mol. The van der Waals surface area contributed by atoms with Crippen LogP contribution >= 0.6 is 0 Å². The highest BCUT2D eigenvalue weighted by atomic mass is 19.1. The third-order valence-electron chi connectivity index (χ3n) is 6.23. The van der Waals surface area contributed by atoms with Crippen molar-refractivity contribution in [3.8, 4) is 11.1 Å². The SMILES string of the molecule is O=C(NCC1CCCCN1C(=O)c1cnncc1-c1ccc(F)cc1)c1cccc2ccoc12. The smallest absolute Gasteiger partial charge is 0.256 e. The summed E-state index contributed by atoms with van der Waals surface area (Å²) in [5.41, 5.74) is 2.70. The lowest BCUT2D eigenvalue weighted by molar-refractivity contribution is 0.0602. The highest BCUT2D eigenvalue weighted by Crippen LogP contribution is 2.27. The number of benzene rings is 2. The largest absolute Gasteiger partial charge is 0.464 e. The van der Waals surface area contributed by atoms with Crippen LogP contribution in [0.15, 0.2) is 71.6 Å². The number of rotatable bonds is 5. The molecule has 1 N–H and O–H groups in total. The molecule has 4 aromatic rings. The van der Waals surface area contributed by atoms with Crippen LogP contribution in [0.2, 0.25) is 0 Å². The molecule has 0 radical (unpaired) electrons. The first kappa shape index (κ1) is 21.8. The molecule has 5 rings (SSSR count). The molecule has 1 atom stereocenters. The van der Waals surface area contributed by atoms with Gasteiger partial charge in [0, 0.05) is 30.1 Å². The highest BCUT2D eigenvalue weighted by Gasteiger charge is 2.30. The Labute approximate surface area is 195 Å². The molecule has 2 aromatic carbocycles. The molecule has 172 valence electrons. The fourth-order valence-corrected chi connectivity index (χ4v) is 4.46. The highest BCUT2D eigenvalue weighted by molar-refractivity contribution is 6.05. The van der Waals surface area contributed by atoms with Crippen molar-refractivity contribution in [2.75, 3.05) is 13.1 Å². The first-order chi connectivity index (χ1) is 16.6. The van der Waals surface area contributed by atoms with Gasteiger partial charge in [-0.1, -0.05) is 24.3 Å². The topological polar surface area (TPSA) is 88.3 Å². The zero-order chi connectivity index (χ0) is 23.5. The quantitative estimate of drug-likeness (QED) is 0.477. The van der Waals surface area contributed by atoms with Gasteiger partial charge in [0.05, 0.1) is 29.8 Å². The molecular formula is C26H23FN4O3. The Hall–Kier alpha value is -4.07. The molecule has 8 heteroatoms. The normalized spacial score (nSPS) is 15.9. The van der Waals surface area contributed by atoms with E-state index in [0.29, 0.717) is 40.9 Å². The number of carbonyl (C=O) groups is 2. The molecule has 1 aliphatic rings. The molecule has 3 heterocycles. The molecule has 0 saturated carbocycles. The number of aromatic nitrogens is 2. The fourth-order valence-electron chi connectivity index (χ4n) is 4.46. The maximum absolute atomic E-state index is 13.6. The monoisotopic (exact) mass is 458 g/mol. The van der Waals surface area contributed by atoms with E-state index < -0.39 is 0 Å². The fraction of sp³-hybridized carbons (Fsp3) is 0.231. The number of nitrogens with one attached hydrogen (secondary N) is 1. The molecule has 0 bridgehead atoms. The number of para-hydroxylation sites is 1. The summed E-state index contributed by atoms with van der Waals surface area (Å²) in [4.78, 5) is 28.3. The number of likely N-dealkylation sites (tertiary alicyclic amines) is 1. The molecule has 1 unspecified atom stereocenters. The van der Waals surface area contributed by atoms with Crippen molar-refractivity contribution in [3.63, 3.8) is 0 Å². The Morgan fingerprint density at radius 2 is 1.85 bits per heavy atom. The van der Waals surface area contributed by atoms with E-state index in [2.05, 4.69) is 15.5 Å². The van der Waals surface area contributed by atoms with Crippen molar-refractivity contribution >= 4 is 22.8 Å². The Kier molecular flexibility index (Phi) is 6.03. The minimum absolute atomic E-state index is 0.157. The standard InChI is InChI=1S/C26H23FN4O3/c27-19-9-7-17(8-10-19)22-15-29-30-16-23(22)26(33)31-12-2-1-5-20(31)14-28-25(32)21-6-3-4-18-11-13-34-24(18)21/h3-4,6-11,13,15-16,20H,1-2,5,12,14H2,(H,28,32). The number of hydrogen-bond acceptors (Lipinski definition) is 5. The van der Waals surface area contributed by atoms with Gasteiger partial charge in [0.25, 0.3) is 11.8 Å². The number of piperidine rings is 1. The predicted molar refractivity (Wildman–Crippen MR) is 125 cm³/mol. The number of halogens is 1. The lowest BCUT2D eigenvalue weighted by Crippen LogP contribution is -2.49. The molecule has 0 aliphatic carbocycles. The van der Waals surface area contributed by atoms with Gasteiger partial charge in [-0.05, 0) is 49.1 Å². The molecule has 1 saturated heterocycles. The molecule has 1 aliphatic heterocycles. The van der Waals surface area contributed by atoms with Crippen LogP contribution in [-0.2, 0) is 0 Å². The number of carbonyl (C=O) groups excluding carboxylic acids is 2. The second-order valence-electron chi connectivity index (χ2n) is 8.33. The molecule has 1 fully saturated rings. The molecule has 0 spiro atoms. The third kappa shape index (κ3) is 4.26. The first-order valence-electron chi connectivity index (χ1n) is 11.2. The maximum Gasteiger partial charge on any atom is 0.256 e. The second-order valence-corrected chi connectivity index (χ2v) is 8.33. The number of furan rings is 1. The van der Waals surface area contributed by atoms with E-state index in [4.69, 9.17) is 4.42 Å². The average Bonchev–Trinajstić information content (AvgIpc) is 3.37. The van der Waals surface area contributed by atoms with Crippen molar-refractivity contribution in [2.45, 2.75) is 25.3 Å². The summed E-state index contributed by atoms with van der Waals surface area (Å²) in [5, 5.41) is 11.7. The predicted octanol–water partition coefficient (Wildman–Crippen LogP) is 4.45. The lowest BCUT2D eigenvalue weighted by Gasteiger charge is -2.36. The number of nitrogens with zero attached hydrogens (tertiary/aromatic N) is 3. The first-order valence-corrected chi connectivity index (χ1v) is 11.2. The Morgan fingerprint density at radius 3 is 2.71 bits per heavy atom. The van der Waals surface area contributed by atoms with Crippen molar-refractivity contribution in [1.29, 1.82) is 0 Å². The molecule has 2 amide bonds. The van der Waals surface area contributed by atoms with E-state index in [1.54, 1.807) is 29.4 Å². The van der Waals surface area contributed by atoms with Crippen LogP contribution in [0.1, 0.15) is 40.0 Å². The van der Waals surface area contributed by atoms with Crippen LogP contribution < -0.4 is 5.32 Å². The van der Waals surface area contributed by atoms with Gasteiger partial charge in [-0.25, -0.2) is 4.39 Å². The summed E-state index contributed by atoms with van der Waals surface area (Å²) in [5.74, 6) is -0.770.